The quantitative estimate of drug-likeness (QED) is 0.135. The van der Waals surface area contributed by atoms with E-state index in [-0.39, 0.29) is 39.9 Å². The number of ether oxygens (including phenoxy) is 2. The summed E-state index contributed by atoms with van der Waals surface area (Å²) in [5.74, 6) is 1.22. The van der Waals surface area contributed by atoms with Gasteiger partial charge in [-0.05, 0) is 145 Å². The van der Waals surface area contributed by atoms with Crippen LogP contribution >= 0.6 is 0 Å². The fraction of sp³-hybridized carbons (Fsp3) is 0.286. The van der Waals surface area contributed by atoms with Gasteiger partial charge in [0.2, 0.25) is 0 Å². The van der Waals surface area contributed by atoms with Crippen LogP contribution in [0.3, 0.4) is 0 Å². The molecule has 0 bridgehead atoms. The van der Waals surface area contributed by atoms with E-state index in [0.29, 0.717) is 56.9 Å². The largest absolute Gasteiger partial charge is 0.457 e. The molecule has 0 saturated carbocycles. The Morgan fingerprint density at radius 1 is 0.516 bits per heavy atom. The third-order valence-corrected chi connectivity index (χ3v) is 13.6. The molecule has 6 aromatic rings. The molecule has 8 heteroatoms. The van der Waals surface area contributed by atoms with Gasteiger partial charge in [0, 0.05) is 16.4 Å². The molecule has 1 aliphatic carbocycles. The summed E-state index contributed by atoms with van der Waals surface area (Å²) in [6.07, 6.45) is 0.962. The third kappa shape index (κ3) is 7.00. The van der Waals surface area contributed by atoms with Gasteiger partial charge in [-0.3, -0.25) is 24.1 Å². The Balaban J connectivity index is 0.864. The maximum Gasteiger partial charge on any atom is 0.266 e. The van der Waals surface area contributed by atoms with E-state index in [4.69, 9.17) is 9.47 Å². The van der Waals surface area contributed by atoms with Gasteiger partial charge in [0.15, 0.2) is 0 Å². The predicted molar refractivity (Wildman–Crippen MR) is 251 cm³/mol. The minimum Gasteiger partial charge on any atom is -0.457 e. The predicted octanol–water partition coefficient (Wildman–Crippen LogP) is 12.9. The third-order valence-electron chi connectivity index (χ3n) is 13.6. The van der Waals surface area contributed by atoms with Gasteiger partial charge in [-0.2, -0.15) is 0 Å². The van der Waals surface area contributed by atoms with Gasteiger partial charge in [0.1, 0.15) is 23.0 Å². The Kier molecular flexibility index (Phi) is 9.90. The zero-order chi connectivity index (χ0) is 45.7. The molecule has 2 heterocycles. The number of carbonyl (C=O) groups excluding carboxylic acids is 4. The fourth-order valence-electron chi connectivity index (χ4n) is 10.0. The van der Waals surface area contributed by atoms with Crippen molar-refractivity contribution in [1.82, 2.24) is 4.90 Å². The van der Waals surface area contributed by atoms with Crippen LogP contribution in [0.1, 0.15) is 156 Å². The molecular formula is C56H54N2O6. The Morgan fingerprint density at radius 2 is 0.984 bits per heavy atom. The standard InChI is InChI=1S/C56H54N2O6/c1-33(2)34-11-28-47-48(29-34)56(10,32-54(47,6)7)37-12-18-38(19-13-37)57-49(59)43-26-24-41(30-45(43)50(57)60)63-39-20-14-35(15-21-39)55(8,9)36-16-22-40(23-17-36)64-42-25-27-44-46(31-42)52(62)58(51(44)61)53(3,4)5/h11-31,33H,32H2,1-10H3. The molecule has 0 radical (unpaired) electrons. The second-order valence-electron chi connectivity index (χ2n) is 20.3. The maximum absolute atomic E-state index is 13.9. The van der Waals surface area contributed by atoms with Gasteiger partial charge in [-0.25, -0.2) is 4.90 Å². The van der Waals surface area contributed by atoms with Crippen LogP contribution in [0.5, 0.6) is 23.0 Å². The lowest BCUT2D eigenvalue weighted by atomic mass is 9.75. The Bertz CT molecular complexity index is 2900. The summed E-state index contributed by atoms with van der Waals surface area (Å²) in [5, 5.41) is 0. The van der Waals surface area contributed by atoms with Crippen molar-refractivity contribution in [3.8, 4) is 23.0 Å². The summed E-state index contributed by atoms with van der Waals surface area (Å²) in [6, 6.07) is 40.6. The molecule has 2 aliphatic heterocycles. The number of imide groups is 2. The molecule has 0 fully saturated rings. The van der Waals surface area contributed by atoms with Gasteiger partial charge < -0.3 is 9.47 Å². The highest BCUT2D eigenvalue weighted by Gasteiger charge is 2.46. The van der Waals surface area contributed by atoms with Gasteiger partial charge in [-0.15, -0.1) is 0 Å². The number of nitrogens with zero attached hydrogens (tertiary/aromatic N) is 2. The SMILES string of the molecule is CC(C)c1ccc2c(c1)C(C)(c1ccc(N3C(=O)c4ccc(Oc5ccc(C(C)(C)c6ccc(Oc7ccc8c(c7)C(=O)N(C(C)(C)C)C8=O)cc6)cc5)cc4C3=O)cc1)CC2(C)C. The first-order valence-electron chi connectivity index (χ1n) is 22.1. The molecule has 3 aliphatic rings. The minimum atomic E-state index is -0.631. The second-order valence-corrected chi connectivity index (χ2v) is 20.3. The van der Waals surface area contributed by atoms with Crippen LogP contribution in [-0.2, 0) is 16.2 Å². The summed E-state index contributed by atoms with van der Waals surface area (Å²) in [5.41, 5.74) is 8.06. The number of hydrogen-bond acceptors (Lipinski definition) is 6. The molecule has 1 unspecified atom stereocenters. The summed E-state index contributed by atoms with van der Waals surface area (Å²) in [4.78, 5) is 56.2. The van der Waals surface area contributed by atoms with Crippen LogP contribution in [0, 0.1) is 0 Å². The van der Waals surface area contributed by atoms with Crippen molar-refractivity contribution in [3.05, 3.63) is 183 Å². The zero-order valence-electron chi connectivity index (χ0n) is 38.3. The lowest BCUT2D eigenvalue weighted by Crippen LogP contribution is -2.45. The van der Waals surface area contributed by atoms with Gasteiger partial charge in [-0.1, -0.05) is 103 Å². The van der Waals surface area contributed by atoms with E-state index in [1.807, 2.05) is 81.4 Å². The van der Waals surface area contributed by atoms with Crippen molar-refractivity contribution >= 4 is 29.3 Å². The number of hydrogen-bond donors (Lipinski definition) is 0. The number of benzene rings is 6. The van der Waals surface area contributed by atoms with Crippen molar-refractivity contribution in [2.24, 2.45) is 0 Å². The molecule has 6 aromatic carbocycles. The van der Waals surface area contributed by atoms with E-state index in [1.165, 1.54) is 26.5 Å². The summed E-state index contributed by atoms with van der Waals surface area (Å²) < 4.78 is 12.4. The van der Waals surface area contributed by atoms with Crippen LogP contribution in [0.15, 0.2) is 127 Å². The van der Waals surface area contributed by atoms with Crippen molar-refractivity contribution in [2.75, 3.05) is 4.90 Å². The van der Waals surface area contributed by atoms with Crippen LogP contribution < -0.4 is 14.4 Å². The second kappa shape index (κ2) is 14.9. The number of carbonyl (C=O) groups is 4. The Labute approximate surface area is 375 Å². The number of amides is 4. The van der Waals surface area contributed by atoms with Crippen molar-refractivity contribution in [2.45, 2.75) is 103 Å². The molecule has 4 amide bonds. The molecule has 64 heavy (non-hydrogen) atoms. The average molecular weight is 851 g/mol. The van der Waals surface area contributed by atoms with Crippen LogP contribution in [0.25, 0.3) is 0 Å². The van der Waals surface area contributed by atoms with E-state index in [1.54, 1.807) is 36.4 Å². The molecule has 0 aromatic heterocycles. The van der Waals surface area contributed by atoms with E-state index >= 15 is 0 Å². The lowest BCUT2D eigenvalue weighted by Gasteiger charge is -2.29. The molecule has 9 rings (SSSR count). The smallest absolute Gasteiger partial charge is 0.266 e. The lowest BCUT2D eigenvalue weighted by molar-refractivity contribution is 0.0507. The molecule has 0 spiro atoms. The molecular weight excluding hydrogens is 797 g/mol. The van der Waals surface area contributed by atoms with Gasteiger partial charge in [0.05, 0.1) is 27.9 Å². The van der Waals surface area contributed by atoms with Crippen LogP contribution in [-0.4, -0.2) is 34.1 Å². The highest BCUT2D eigenvalue weighted by atomic mass is 16.5. The first-order valence-corrected chi connectivity index (χ1v) is 22.1. The summed E-state index contributed by atoms with van der Waals surface area (Å²) >= 11 is 0. The Hall–Kier alpha value is -6.80. The van der Waals surface area contributed by atoms with Gasteiger partial charge in [0.25, 0.3) is 23.6 Å². The van der Waals surface area contributed by atoms with Crippen LogP contribution in [0.2, 0.25) is 0 Å². The fourth-order valence-corrected chi connectivity index (χ4v) is 10.0. The zero-order valence-corrected chi connectivity index (χ0v) is 38.3. The topological polar surface area (TPSA) is 93.2 Å². The van der Waals surface area contributed by atoms with Crippen molar-refractivity contribution in [1.29, 1.82) is 0 Å². The van der Waals surface area contributed by atoms with E-state index < -0.39 is 5.54 Å². The molecule has 1 atom stereocenters. The highest BCUT2D eigenvalue weighted by Crippen LogP contribution is 2.53. The summed E-state index contributed by atoms with van der Waals surface area (Å²) in [7, 11) is 0. The highest BCUT2D eigenvalue weighted by molar-refractivity contribution is 6.34. The van der Waals surface area contributed by atoms with Crippen molar-refractivity contribution in [3.63, 3.8) is 0 Å². The molecule has 0 saturated heterocycles. The Morgan fingerprint density at radius 3 is 1.50 bits per heavy atom. The van der Waals surface area contributed by atoms with E-state index in [2.05, 4.69) is 78.8 Å². The van der Waals surface area contributed by atoms with Crippen LogP contribution in [0.4, 0.5) is 5.69 Å². The summed E-state index contributed by atoms with van der Waals surface area (Å²) in [6.45, 7) is 21.2. The monoisotopic (exact) mass is 850 g/mol. The van der Waals surface area contributed by atoms with E-state index in [0.717, 1.165) is 23.1 Å². The number of rotatable bonds is 9. The minimum absolute atomic E-state index is 0.0153. The number of fused-ring (bicyclic) bond motifs is 3. The molecule has 8 nitrogen and oxygen atoms in total. The first kappa shape index (κ1) is 42.5. The maximum atomic E-state index is 13.9. The number of anilines is 1. The van der Waals surface area contributed by atoms with Gasteiger partial charge >= 0.3 is 0 Å². The molecule has 0 N–H and O–H groups in total. The average Bonchev–Trinajstić information content (AvgIpc) is 3.75. The normalized spacial score (nSPS) is 17.9. The molecule has 324 valence electrons. The van der Waals surface area contributed by atoms with E-state index in [9.17, 15) is 19.2 Å². The first-order chi connectivity index (χ1) is 30.2. The van der Waals surface area contributed by atoms with Crippen molar-refractivity contribution < 1.29 is 28.7 Å².